The van der Waals surface area contributed by atoms with Gasteiger partial charge in [0.25, 0.3) is 11.8 Å². The zero-order valence-corrected chi connectivity index (χ0v) is 20.8. The van der Waals surface area contributed by atoms with Crippen LogP contribution in [0.1, 0.15) is 55.6 Å². The van der Waals surface area contributed by atoms with Crippen LogP contribution in [0.25, 0.3) is 16.1 Å². The van der Waals surface area contributed by atoms with Gasteiger partial charge in [0, 0.05) is 24.7 Å². The summed E-state index contributed by atoms with van der Waals surface area (Å²) in [6.07, 6.45) is 4.23. The molecule has 2 aliphatic rings. The summed E-state index contributed by atoms with van der Waals surface area (Å²) in [7, 11) is 0. The number of piperidine rings is 1. The molecule has 2 fully saturated rings. The summed E-state index contributed by atoms with van der Waals surface area (Å²) in [5, 5.41) is 0.876. The van der Waals surface area contributed by atoms with Crippen LogP contribution in [-0.4, -0.2) is 43.2 Å². The molecule has 0 radical (unpaired) electrons. The molecule has 4 heterocycles. The van der Waals surface area contributed by atoms with E-state index in [1.165, 1.54) is 11.1 Å². The molecule has 35 heavy (non-hydrogen) atoms. The van der Waals surface area contributed by atoms with Gasteiger partial charge in [-0.3, -0.25) is 14.0 Å². The van der Waals surface area contributed by atoms with Gasteiger partial charge < -0.3 is 10.6 Å². The van der Waals surface area contributed by atoms with Gasteiger partial charge in [-0.25, -0.2) is 9.97 Å². The maximum absolute atomic E-state index is 14.0. The second-order valence-electron chi connectivity index (χ2n) is 9.78. The number of hydrogen-bond donors (Lipinski definition) is 1. The van der Waals surface area contributed by atoms with Crippen LogP contribution in [0.5, 0.6) is 0 Å². The SMILES string of the molecule is Cc1nc(C(=O)N2[C@H](Cc3nc4ccccn4c3C(N)=O)C[C@@H]3C[C@@H]32)c(-c2ccc(C)c(C)c2)s1. The first-order valence-electron chi connectivity index (χ1n) is 11.9. The monoisotopic (exact) mass is 485 g/mol. The number of nitrogens with zero attached hydrogens (tertiary/aromatic N) is 4. The molecule has 0 unspecified atom stereocenters. The van der Waals surface area contributed by atoms with Crippen molar-refractivity contribution in [1.29, 1.82) is 0 Å². The quantitative estimate of drug-likeness (QED) is 0.455. The van der Waals surface area contributed by atoms with Gasteiger partial charge >= 0.3 is 0 Å². The maximum atomic E-state index is 14.0. The number of fused-ring (bicyclic) bond motifs is 2. The van der Waals surface area contributed by atoms with Crippen molar-refractivity contribution in [1.82, 2.24) is 19.3 Å². The van der Waals surface area contributed by atoms with Crippen LogP contribution >= 0.6 is 11.3 Å². The molecule has 4 aromatic rings. The highest BCUT2D eigenvalue weighted by Crippen LogP contribution is 2.49. The van der Waals surface area contributed by atoms with E-state index in [1.807, 2.05) is 30.0 Å². The van der Waals surface area contributed by atoms with E-state index in [2.05, 4.69) is 32.0 Å². The molecule has 178 valence electrons. The molecule has 1 aliphatic carbocycles. The third kappa shape index (κ3) is 3.63. The average Bonchev–Trinajstić information content (AvgIpc) is 3.15. The number of nitrogens with two attached hydrogens (primary N) is 1. The van der Waals surface area contributed by atoms with Gasteiger partial charge in [-0.15, -0.1) is 11.3 Å². The van der Waals surface area contributed by atoms with Crippen molar-refractivity contribution >= 4 is 28.8 Å². The smallest absolute Gasteiger partial charge is 0.274 e. The standard InChI is InChI=1S/C27H27N5O2S/c1-14-7-8-17(10-15(14)2)25-23(29-16(3)35-25)27(34)32-19(11-18-12-21(18)32)13-20-24(26(28)33)31-9-5-4-6-22(31)30-20/h4-10,18-19,21H,11-13H2,1-3H3,(H2,28,33)/t18-,19+,21+/m1/s1. The Hall–Kier alpha value is -3.52. The lowest BCUT2D eigenvalue weighted by Gasteiger charge is -2.27. The number of primary amides is 1. The molecule has 3 aromatic heterocycles. The summed E-state index contributed by atoms with van der Waals surface area (Å²) in [5.74, 6) is -0.0309. The summed E-state index contributed by atoms with van der Waals surface area (Å²) in [6, 6.07) is 12.1. The first-order chi connectivity index (χ1) is 16.8. The largest absolute Gasteiger partial charge is 0.364 e. The number of carbonyl (C=O) groups is 2. The van der Waals surface area contributed by atoms with Crippen LogP contribution in [0.3, 0.4) is 0 Å². The average molecular weight is 486 g/mol. The maximum Gasteiger partial charge on any atom is 0.274 e. The fourth-order valence-corrected chi connectivity index (χ4v) is 6.41. The number of aryl methyl sites for hydroxylation is 3. The number of hydrogen-bond acceptors (Lipinski definition) is 5. The van der Waals surface area contributed by atoms with Gasteiger partial charge in [0.1, 0.15) is 17.0 Å². The van der Waals surface area contributed by atoms with Crippen LogP contribution in [0, 0.1) is 26.7 Å². The normalized spacial score (nSPS) is 20.9. The van der Waals surface area contributed by atoms with E-state index in [-0.39, 0.29) is 18.0 Å². The van der Waals surface area contributed by atoms with Gasteiger partial charge in [0.2, 0.25) is 0 Å². The molecule has 0 spiro atoms. The number of pyridine rings is 1. The Morgan fingerprint density at radius 2 is 1.91 bits per heavy atom. The summed E-state index contributed by atoms with van der Waals surface area (Å²) in [6.45, 7) is 6.12. The first-order valence-corrected chi connectivity index (χ1v) is 12.8. The topological polar surface area (TPSA) is 93.6 Å². The number of thiazole rings is 1. The molecule has 2 amide bonds. The minimum atomic E-state index is -0.508. The van der Waals surface area contributed by atoms with Gasteiger partial charge in [0.05, 0.1) is 15.6 Å². The molecule has 6 rings (SSSR count). The third-order valence-electron chi connectivity index (χ3n) is 7.42. The molecule has 2 N–H and O–H groups in total. The molecule has 0 bridgehead atoms. The van der Waals surface area contributed by atoms with E-state index in [4.69, 9.17) is 15.7 Å². The van der Waals surface area contributed by atoms with Crippen molar-refractivity contribution in [2.75, 3.05) is 0 Å². The Morgan fingerprint density at radius 3 is 2.69 bits per heavy atom. The number of rotatable bonds is 5. The molecular weight excluding hydrogens is 458 g/mol. The molecule has 7 nitrogen and oxygen atoms in total. The fraction of sp³-hybridized carbons (Fsp3) is 0.333. The van der Waals surface area contributed by atoms with Crippen LogP contribution in [0.4, 0.5) is 0 Å². The van der Waals surface area contributed by atoms with Gasteiger partial charge in [-0.1, -0.05) is 24.3 Å². The van der Waals surface area contributed by atoms with Gasteiger partial charge in [-0.2, -0.15) is 0 Å². The second kappa shape index (κ2) is 8.02. The predicted molar refractivity (Wildman–Crippen MR) is 136 cm³/mol. The second-order valence-corrected chi connectivity index (χ2v) is 11.0. The Bertz CT molecular complexity index is 1500. The predicted octanol–water partition coefficient (Wildman–Crippen LogP) is 4.33. The highest BCUT2D eigenvalue weighted by molar-refractivity contribution is 7.15. The summed E-state index contributed by atoms with van der Waals surface area (Å²) in [4.78, 5) is 38.6. The zero-order valence-electron chi connectivity index (χ0n) is 20.0. The van der Waals surface area contributed by atoms with Crippen molar-refractivity contribution < 1.29 is 9.59 Å². The van der Waals surface area contributed by atoms with E-state index in [0.717, 1.165) is 28.3 Å². The Kier molecular flexibility index (Phi) is 5.03. The number of amides is 2. The summed E-state index contributed by atoms with van der Waals surface area (Å²) < 4.78 is 1.74. The summed E-state index contributed by atoms with van der Waals surface area (Å²) >= 11 is 1.56. The van der Waals surface area contributed by atoms with E-state index in [1.54, 1.807) is 21.9 Å². The van der Waals surface area contributed by atoms with Crippen LogP contribution in [-0.2, 0) is 6.42 Å². The van der Waals surface area contributed by atoms with Crippen LogP contribution in [0.2, 0.25) is 0 Å². The lowest BCUT2D eigenvalue weighted by Crippen LogP contribution is -2.40. The van der Waals surface area contributed by atoms with Crippen molar-refractivity contribution in [3.8, 4) is 10.4 Å². The highest BCUT2D eigenvalue weighted by atomic mass is 32.1. The Balaban J connectivity index is 1.36. The Labute approximate surface area is 207 Å². The lowest BCUT2D eigenvalue weighted by molar-refractivity contribution is 0.0695. The first kappa shape index (κ1) is 22.0. The molecular formula is C27H27N5O2S. The molecule has 1 aliphatic heterocycles. The number of benzene rings is 1. The van der Waals surface area contributed by atoms with Crippen molar-refractivity contribution in [2.45, 2.75) is 52.1 Å². The minimum absolute atomic E-state index is 0.0260. The van der Waals surface area contributed by atoms with Crippen molar-refractivity contribution in [2.24, 2.45) is 11.7 Å². The number of likely N-dealkylation sites (tertiary alicyclic amines) is 1. The Morgan fingerprint density at radius 1 is 1.09 bits per heavy atom. The zero-order chi connectivity index (χ0) is 24.4. The van der Waals surface area contributed by atoms with Crippen LogP contribution < -0.4 is 5.73 Å². The molecule has 3 atom stereocenters. The number of imidazole rings is 1. The van der Waals surface area contributed by atoms with E-state index >= 15 is 0 Å². The van der Waals surface area contributed by atoms with Gasteiger partial charge in [-0.05, 0) is 68.4 Å². The van der Waals surface area contributed by atoms with E-state index < -0.39 is 5.91 Å². The summed E-state index contributed by atoms with van der Waals surface area (Å²) in [5.41, 5.74) is 11.4. The number of carbonyl (C=O) groups excluding carboxylic acids is 2. The fourth-order valence-electron chi connectivity index (χ4n) is 5.50. The number of aromatic nitrogens is 3. The molecule has 1 saturated carbocycles. The van der Waals surface area contributed by atoms with Crippen molar-refractivity contribution in [3.05, 3.63) is 75.8 Å². The highest BCUT2D eigenvalue weighted by Gasteiger charge is 2.54. The molecule has 1 aromatic carbocycles. The van der Waals surface area contributed by atoms with E-state index in [0.29, 0.717) is 35.1 Å². The molecule has 1 saturated heterocycles. The lowest BCUT2D eigenvalue weighted by atomic mass is 10.0. The van der Waals surface area contributed by atoms with E-state index in [9.17, 15) is 9.59 Å². The van der Waals surface area contributed by atoms with Gasteiger partial charge in [0.15, 0.2) is 0 Å². The molecule has 8 heteroatoms. The third-order valence-corrected chi connectivity index (χ3v) is 8.44. The van der Waals surface area contributed by atoms with Crippen LogP contribution in [0.15, 0.2) is 42.6 Å². The van der Waals surface area contributed by atoms with Crippen molar-refractivity contribution in [3.63, 3.8) is 0 Å². The minimum Gasteiger partial charge on any atom is -0.364 e.